The molecular formula is C11H14N2O2. The van der Waals surface area contributed by atoms with Gasteiger partial charge in [-0.1, -0.05) is 24.3 Å². The van der Waals surface area contributed by atoms with Crippen molar-refractivity contribution in [2.45, 2.75) is 12.5 Å². The van der Waals surface area contributed by atoms with Crippen molar-refractivity contribution in [1.82, 2.24) is 10.8 Å². The van der Waals surface area contributed by atoms with E-state index < -0.39 is 0 Å². The zero-order chi connectivity index (χ0) is 10.7. The van der Waals surface area contributed by atoms with Crippen LogP contribution in [0.1, 0.15) is 17.2 Å². The lowest BCUT2D eigenvalue weighted by Crippen LogP contribution is -2.41. The Morgan fingerprint density at radius 2 is 2.33 bits per heavy atom. The fraction of sp³-hybridized carbons (Fsp3) is 0.364. The van der Waals surface area contributed by atoms with E-state index in [0.29, 0.717) is 0 Å². The van der Waals surface area contributed by atoms with Gasteiger partial charge in [0.15, 0.2) is 0 Å². The van der Waals surface area contributed by atoms with Crippen LogP contribution >= 0.6 is 0 Å². The van der Waals surface area contributed by atoms with Gasteiger partial charge < -0.3 is 5.32 Å². The number of carbonyl (C=O) groups excluding carboxylic acids is 1. The molecule has 0 radical (unpaired) electrons. The van der Waals surface area contributed by atoms with Gasteiger partial charge in [0.1, 0.15) is 6.04 Å². The van der Waals surface area contributed by atoms with Crippen molar-refractivity contribution in [2.75, 3.05) is 13.7 Å². The van der Waals surface area contributed by atoms with Gasteiger partial charge in [0.25, 0.3) is 5.91 Å². The number of hydrogen-bond acceptors (Lipinski definition) is 3. The van der Waals surface area contributed by atoms with Gasteiger partial charge >= 0.3 is 0 Å². The Morgan fingerprint density at radius 3 is 3.13 bits per heavy atom. The number of hydrogen-bond donors (Lipinski definition) is 2. The number of fused-ring (bicyclic) bond motifs is 1. The quantitative estimate of drug-likeness (QED) is 0.695. The minimum Gasteiger partial charge on any atom is -0.302 e. The molecular weight excluding hydrogens is 192 g/mol. The second-order valence-electron chi connectivity index (χ2n) is 3.51. The molecule has 15 heavy (non-hydrogen) atoms. The number of amides is 1. The normalized spacial score (nSPS) is 19.4. The number of benzene rings is 1. The average molecular weight is 206 g/mol. The largest absolute Gasteiger partial charge is 0.302 e. The Hall–Kier alpha value is -1.39. The molecule has 0 aliphatic carbocycles. The van der Waals surface area contributed by atoms with Gasteiger partial charge in [-0.2, -0.15) is 0 Å². The molecule has 2 rings (SSSR count). The Morgan fingerprint density at radius 1 is 1.53 bits per heavy atom. The van der Waals surface area contributed by atoms with Gasteiger partial charge in [-0.3, -0.25) is 9.63 Å². The first-order valence-corrected chi connectivity index (χ1v) is 4.97. The Kier molecular flexibility index (Phi) is 2.99. The topological polar surface area (TPSA) is 50.4 Å². The van der Waals surface area contributed by atoms with Crippen LogP contribution in [0.5, 0.6) is 0 Å². The fourth-order valence-electron chi connectivity index (χ4n) is 1.90. The molecule has 1 atom stereocenters. The van der Waals surface area contributed by atoms with Gasteiger partial charge in [0, 0.05) is 6.54 Å². The summed E-state index contributed by atoms with van der Waals surface area (Å²) in [5.74, 6) is -0.148. The molecule has 4 heteroatoms. The molecule has 4 nitrogen and oxygen atoms in total. The predicted octanol–water partition coefficient (Wildman–Crippen LogP) is 0.551. The number of hydroxylamine groups is 1. The number of rotatable bonds is 2. The third kappa shape index (κ3) is 2.00. The van der Waals surface area contributed by atoms with Crippen molar-refractivity contribution in [3.63, 3.8) is 0 Å². The van der Waals surface area contributed by atoms with E-state index in [2.05, 4.69) is 21.7 Å². The van der Waals surface area contributed by atoms with Gasteiger partial charge in [-0.05, 0) is 17.5 Å². The molecule has 80 valence electrons. The zero-order valence-electron chi connectivity index (χ0n) is 8.62. The van der Waals surface area contributed by atoms with Crippen molar-refractivity contribution in [3.8, 4) is 0 Å². The first kappa shape index (κ1) is 10.1. The van der Waals surface area contributed by atoms with Gasteiger partial charge in [0.2, 0.25) is 0 Å². The van der Waals surface area contributed by atoms with E-state index in [1.165, 1.54) is 12.7 Å². The lowest BCUT2D eigenvalue weighted by atomic mass is 9.94. The second-order valence-corrected chi connectivity index (χ2v) is 3.51. The first-order valence-electron chi connectivity index (χ1n) is 4.97. The molecule has 0 aromatic heterocycles. The SMILES string of the molecule is CONC(=O)C1NCCc2ccccc21. The monoisotopic (exact) mass is 206 g/mol. The van der Waals surface area contributed by atoms with Gasteiger partial charge in [-0.25, -0.2) is 5.48 Å². The van der Waals surface area contributed by atoms with Crippen LogP contribution in [-0.4, -0.2) is 19.6 Å². The maximum absolute atomic E-state index is 11.7. The van der Waals surface area contributed by atoms with Crippen molar-refractivity contribution in [3.05, 3.63) is 35.4 Å². The highest BCUT2D eigenvalue weighted by Crippen LogP contribution is 2.22. The van der Waals surface area contributed by atoms with Crippen LogP contribution in [0.2, 0.25) is 0 Å². The highest BCUT2D eigenvalue weighted by Gasteiger charge is 2.25. The summed E-state index contributed by atoms with van der Waals surface area (Å²) >= 11 is 0. The van der Waals surface area contributed by atoms with Gasteiger partial charge in [0.05, 0.1) is 7.11 Å². The molecule has 1 aromatic rings. The lowest BCUT2D eigenvalue weighted by Gasteiger charge is -2.25. The van der Waals surface area contributed by atoms with Crippen LogP contribution in [0.15, 0.2) is 24.3 Å². The average Bonchev–Trinajstić information content (AvgIpc) is 2.28. The minimum absolute atomic E-state index is 0.148. The zero-order valence-corrected chi connectivity index (χ0v) is 8.62. The van der Waals surface area contributed by atoms with E-state index in [0.717, 1.165) is 18.5 Å². The highest BCUT2D eigenvalue weighted by atomic mass is 16.6. The first-order chi connectivity index (χ1) is 7.33. The van der Waals surface area contributed by atoms with Crippen LogP contribution in [0.4, 0.5) is 0 Å². The summed E-state index contributed by atoms with van der Waals surface area (Å²) in [6.45, 7) is 0.818. The molecule has 0 fully saturated rings. The molecule has 0 saturated carbocycles. The number of carbonyl (C=O) groups is 1. The van der Waals surface area contributed by atoms with Crippen LogP contribution in [-0.2, 0) is 16.1 Å². The Balaban J connectivity index is 2.25. The summed E-state index contributed by atoms with van der Waals surface area (Å²) in [4.78, 5) is 16.3. The van der Waals surface area contributed by atoms with Crippen molar-refractivity contribution in [1.29, 1.82) is 0 Å². The molecule has 0 saturated heterocycles. The lowest BCUT2D eigenvalue weighted by molar-refractivity contribution is -0.133. The van der Waals surface area contributed by atoms with Crippen molar-refractivity contribution < 1.29 is 9.63 Å². The second kappa shape index (κ2) is 4.42. The Bertz CT molecular complexity index is 365. The molecule has 1 aliphatic heterocycles. The smallest absolute Gasteiger partial charge is 0.265 e. The van der Waals surface area contributed by atoms with E-state index in [9.17, 15) is 4.79 Å². The molecule has 1 heterocycles. The van der Waals surface area contributed by atoms with Crippen LogP contribution in [0.25, 0.3) is 0 Å². The maximum Gasteiger partial charge on any atom is 0.265 e. The van der Waals surface area contributed by atoms with Crippen LogP contribution in [0.3, 0.4) is 0 Å². The molecule has 1 unspecified atom stereocenters. The van der Waals surface area contributed by atoms with Crippen LogP contribution < -0.4 is 10.8 Å². The number of nitrogens with one attached hydrogen (secondary N) is 2. The van der Waals surface area contributed by atoms with E-state index in [1.807, 2.05) is 18.2 Å². The molecule has 0 bridgehead atoms. The summed E-state index contributed by atoms with van der Waals surface area (Å²) in [7, 11) is 1.44. The Labute approximate surface area is 88.6 Å². The molecule has 1 aliphatic rings. The van der Waals surface area contributed by atoms with Crippen LogP contribution in [0, 0.1) is 0 Å². The standard InChI is InChI=1S/C11H14N2O2/c1-15-13-11(14)10-9-5-3-2-4-8(9)6-7-12-10/h2-5,10,12H,6-7H2,1H3,(H,13,14). The molecule has 2 N–H and O–H groups in total. The van der Waals surface area contributed by atoms with Crippen molar-refractivity contribution in [2.24, 2.45) is 0 Å². The van der Waals surface area contributed by atoms with Crippen molar-refractivity contribution >= 4 is 5.91 Å². The third-order valence-corrected chi connectivity index (χ3v) is 2.57. The maximum atomic E-state index is 11.7. The summed E-state index contributed by atoms with van der Waals surface area (Å²) in [6, 6.07) is 7.67. The summed E-state index contributed by atoms with van der Waals surface area (Å²) in [5.41, 5.74) is 4.62. The van der Waals surface area contributed by atoms with E-state index in [-0.39, 0.29) is 11.9 Å². The highest BCUT2D eigenvalue weighted by molar-refractivity contribution is 5.83. The predicted molar refractivity (Wildman–Crippen MR) is 56.0 cm³/mol. The minimum atomic E-state index is -0.296. The van der Waals surface area contributed by atoms with E-state index >= 15 is 0 Å². The summed E-state index contributed by atoms with van der Waals surface area (Å²) < 4.78 is 0. The molecule has 0 spiro atoms. The van der Waals surface area contributed by atoms with E-state index in [1.54, 1.807) is 0 Å². The molecule has 1 aromatic carbocycles. The fourth-order valence-corrected chi connectivity index (χ4v) is 1.90. The summed E-state index contributed by atoms with van der Waals surface area (Å²) in [5, 5.41) is 3.17. The van der Waals surface area contributed by atoms with Gasteiger partial charge in [-0.15, -0.1) is 0 Å². The molecule has 1 amide bonds. The summed E-state index contributed by atoms with van der Waals surface area (Å²) in [6.07, 6.45) is 0.965. The third-order valence-electron chi connectivity index (χ3n) is 2.57. The van der Waals surface area contributed by atoms with E-state index in [4.69, 9.17) is 0 Å².